The molecule has 3 rings (SSSR count). The van der Waals surface area contributed by atoms with Gasteiger partial charge in [0.05, 0.1) is 5.69 Å². The molecule has 0 radical (unpaired) electrons. The molecular weight excluding hydrogens is 264 g/mol. The molecular formula is C16H26N4O. The Bertz CT molecular complexity index is 504. The highest BCUT2D eigenvalue weighted by Gasteiger charge is 2.34. The van der Waals surface area contributed by atoms with Gasteiger partial charge in [0.15, 0.2) is 5.82 Å². The number of hydrogen-bond donors (Lipinski definition) is 1. The van der Waals surface area contributed by atoms with Crippen molar-refractivity contribution in [3.8, 4) is 0 Å². The number of aryl methyl sites for hydroxylation is 1. The lowest BCUT2D eigenvalue weighted by atomic mass is 9.76. The Balaban J connectivity index is 1.70. The molecule has 0 spiro atoms. The molecule has 0 bridgehead atoms. The number of hydrogen-bond acceptors (Lipinski definition) is 3. The Labute approximate surface area is 126 Å². The van der Waals surface area contributed by atoms with Crippen LogP contribution in [0, 0.1) is 11.8 Å². The van der Waals surface area contributed by atoms with E-state index in [1.165, 1.54) is 32.1 Å². The zero-order valence-electron chi connectivity index (χ0n) is 13.1. The first-order valence-electron chi connectivity index (χ1n) is 8.41. The molecule has 5 nitrogen and oxygen atoms in total. The van der Waals surface area contributed by atoms with Crippen LogP contribution in [0.5, 0.6) is 0 Å². The minimum Gasteiger partial charge on any atom is -0.307 e. The van der Waals surface area contributed by atoms with Crippen molar-refractivity contribution in [3.05, 3.63) is 5.69 Å². The lowest BCUT2D eigenvalue weighted by Crippen LogP contribution is -2.32. The van der Waals surface area contributed by atoms with Gasteiger partial charge in [-0.3, -0.25) is 4.79 Å². The first-order valence-corrected chi connectivity index (χ1v) is 8.41. The molecule has 21 heavy (non-hydrogen) atoms. The summed E-state index contributed by atoms with van der Waals surface area (Å²) in [4.78, 5) is 12.7. The Hall–Kier alpha value is -1.39. The van der Waals surface area contributed by atoms with E-state index in [4.69, 9.17) is 0 Å². The summed E-state index contributed by atoms with van der Waals surface area (Å²) in [6, 6.07) is 0. The number of carbonyl (C=O) groups is 1. The van der Waals surface area contributed by atoms with Crippen LogP contribution >= 0.6 is 0 Å². The number of aromatic nitrogens is 3. The first kappa shape index (κ1) is 14.5. The quantitative estimate of drug-likeness (QED) is 0.905. The molecule has 1 amide bonds. The summed E-state index contributed by atoms with van der Waals surface area (Å²) in [5.74, 6) is 2.11. The average molecular weight is 290 g/mol. The highest BCUT2D eigenvalue weighted by atomic mass is 16.2. The van der Waals surface area contributed by atoms with Crippen LogP contribution in [0.1, 0.15) is 69.9 Å². The minimum absolute atomic E-state index is 0.160. The number of carbonyl (C=O) groups excluding carboxylic acids is 1. The van der Waals surface area contributed by atoms with Gasteiger partial charge < -0.3 is 5.32 Å². The molecule has 0 aromatic carbocycles. The maximum Gasteiger partial charge on any atom is 0.229 e. The van der Waals surface area contributed by atoms with Crippen molar-refractivity contribution < 1.29 is 4.79 Å². The second-order valence-electron chi connectivity index (χ2n) is 6.65. The van der Waals surface area contributed by atoms with Gasteiger partial charge in [-0.2, -0.15) is 0 Å². The molecule has 2 fully saturated rings. The van der Waals surface area contributed by atoms with E-state index in [1.807, 2.05) is 11.7 Å². The lowest BCUT2D eigenvalue weighted by molar-refractivity contribution is -0.122. The van der Waals surface area contributed by atoms with Gasteiger partial charge in [-0.1, -0.05) is 31.4 Å². The van der Waals surface area contributed by atoms with Gasteiger partial charge in [0.25, 0.3) is 0 Å². The standard InChI is InChI=1S/C16H26N4O/c1-3-6-11-7-4-5-8-13(11)16(21)17-15-14(12-9-10-12)20(2)19-18-15/h11-13H,3-10H2,1-2H3,(H,17,21). The SMILES string of the molecule is CCCC1CCCCC1C(=O)Nc1nnn(C)c1C1CC1. The smallest absolute Gasteiger partial charge is 0.229 e. The number of anilines is 1. The zero-order chi connectivity index (χ0) is 14.8. The van der Waals surface area contributed by atoms with Crippen molar-refractivity contribution >= 4 is 11.7 Å². The fraction of sp³-hybridized carbons (Fsp3) is 0.812. The van der Waals surface area contributed by atoms with Crippen LogP contribution in [0.15, 0.2) is 0 Å². The largest absolute Gasteiger partial charge is 0.307 e. The molecule has 2 atom stereocenters. The monoisotopic (exact) mass is 290 g/mol. The molecule has 0 saturated heterocycles. The van der Waals surface area contributed by atoms with Gasteiger partial charge in [-0.05, 0) is 38.0 Å². The van der Waals surface area contributed by atoms with Crippen LogP contribution in [0.2, 0.25) is 0 Å². The molecule has 116 valence electrons. The summed E-state index contributed by atoms with van der Waals surface area (Å²) in [6.45, 7) is 2.21. The molecule has 1 heterocycles. The van der Waals surface area contributed by atoms with Gasteiger partial charge in [-0.15, -0.1) is 5.10 Å². The van der Waals surface area contributed by atoms with E-state index in [-0.39, 0.29) is 11.8 Å². The number of amides is 1. The minimum atomic E-state index is 0.160. The highest BCUT2D eigenvalue weighted by molar-refractivity contribution is 5.92. The second-order valence-corrected chi connectivity index (χ2v) is 6.65. The summed E-state index contributed by atoms with van der Waals surface area (Å²) in [5.41, 5.74) is 1.10. The van der Waals surface area contributed by atoms with Crippen molar-refractivity contribution in [2.24, 2.45) is 18.9 Å². The van der Waals surface area contributed by atoms with E-state index in [0.717, 1.165) is 25.0 Å². The van der Waals surface area contributed by atoms with E-state index in [0.29, 0.717) is 17.7 Å². The van der Waals surface area contributed by atoms with Gasteiger partial charge in [0, 0.05) is 18.9 Å². The summed E-state index contributed by atoms with van der Waals surface area (Å²) in [6.07, 6.45) is 9.36. The van der Waals surface area contributed by atoms with Crippen molar-refractivity contribution in [3.63, 3.8) is 0 Å². The number of nitrogens with one attached hydrogen (secondary N) is 1. The maximum absolute atomic E-state index is 12.7. The Morgan fingerprint density at radius 3 is 2.76 bits per heavy atom. The summed E-state index contributed by atoms with van der Waals surface area (Å²) in [7, 11) is 1.91. The van der Waals surface area contributed by atoms with E-state index in [1.54, 1.807) is 0 Å². The first-order chi connectivity index (χ1) is 10.2. The van der Waals surface area contributed by atoms with Crippen LogP contribution in [0.25, 0.3) is 0 Å². The molecule has 5 heteroatoms. The molecule has 2 aliphatic rings. The van der Waals surface area contributed by atoms with Gasteiger partial charge >= 0.3 is 0 Å². The fourth-order valence-corrected chi connectivity index (χ4v) is 3.75. The summed E-state index contributed by atoms with van der Waals surface area (Å²) < 4.78 is 1.82. The molecule has 0 aliphatic heterocycles. The summed E-state index contributed by atoms with van der Waals surface area (Å²) >= 11 is 0. The predicted octanol–water partition coefficient (Wildman–Crippen LogP) is 3.24. The fourth-order valence-electron chi connectivity index (χ4n) is 3.75. The average Bonchev–Trinajstić information content (AvgIpc) is 3.25. The third-order valence-corrected chi connectivity index (χ3v) is 4.98. The number of rotatable bonds is 5. The molecule has 1 aromatic heterocycles. The van der Waals surface area contributed by atoms with E-state index in [9.17, 15) is 4.79 Å². The number of nitrogens with zero attached hydrogens (tertiary/aromatic N) is 3. The predicted molar refractivity (Wildman–Crippen MR) is 82.0 cm³/mol. The van der Waals surface area contributed by atoms with Crippen LogP contribution in [0.3, 0.4) is 0 Å². The summed E-state index contributed by atoms with van der Waals surface area (Å²) in [5, 5.41) is 11.3. The Morgan fingerprint density at radius 1 is 1.29 bits per heavy atom. The zero-order valence-corrected chi connectivity index (χ0v) is 13.1. The van der Waals surface area contributed by atoms with Crippen LogP contribution in [0.4, 0.5) is 5.82 Å². The third kappa shape index (κ3) is 3.11. The van der Waals surface area contributed by atoms with Crippen molar-refractivity contribution in [1.29, 1.82) is 0 Å². The van der Waals surface area contributed by atoms with E-state index >= 15 is 0 Å². The maximum atomic E-state index is 12.7. The lowest BCUT2D eigenvalue weighted by Gasteiger charge is -2.30. The molecule has 1 N–H and O–H groups in total. The van der Waals surface area contributed by atoms with Crippen molar-refractivity contribution in [2.45, 2.75) is 64.2 Å². The van der Waals surface area contributed by atoms with Crippen molar-refractivity contribution in [1.82, 2.24) is 15.0 Å². The van der Waals surface area contributed by atoms with E-state index in [2.05, 4.69) is 22.6 Å². The topological polar surface area (TPSA) is 59.8 Å². The van der Waals surface area contributed by atoms with Crippen LogP contribution in [-0.2, 0) is 11.8 Å². The van der Waals surface area contributed by atoms with E-state index < -0.39 is 0 Å². The van der Waals surface area contributed by atoms with Gasteiger partial charge in [0.2, 0.25) is 5.91 Å². The normalized spacial score (nSPS) is 25.8. The van der Waals surface area contributed by atoms with Crippen molar-refractivity contribution in [2.75, 3.05) is 5.32 Å². The second kappa shape index (κ2) is 6.16. The molecule has 2 saturated carbocycles. The third-order valence-electron chi connectivity index (χ3n) is 4.98. The molecule has 2 aliphatic carbocycles. The molecule has 2 unspecified atom stereocenters. The highest BCUT2D eigenvalue weighted by Crippen LogP contribution is 2.42. The van der Waals surface area contributed by atoms with Gasteiger partial charge in [0.1, 0.15) is 0 Å². The molecule has 1 aromatic rings. The Morgan fingerprint density at radius 2 is 2.05 bits per heavy atom. The van der Waals surface area contributed by atoms with Crippen LogP contribution in [-0.4, -0.2) is 20.9 Å². The van der Waals surface area contributed by atoms with Crippen LogP contribution < -0.4 is 5.32 Å². The Kier molecular flexibility index (Phi) is 4.27. The van der Waals surface area contributed by atoms with Gasteiger partial charge in [-0.25, -0.2) is 4.68 Å².